The molecule has 2 aromatic rings. The van der Waals surface area contributed by atoms with Crippen molar-refractivity contribution < 1.29 is 25.1 Å². The number of hydrogen-bond acceptors (Lipinski definition) is 7. The predicted octanol–water partition coefficient (Wildman–Crippen LogP) is 0.837. The van der Waals surface area contributed by atoms with Crippen molar-refractivity contribution >= 4 is 26.3 Å². The minimum Gasteiger partial charge on any atom is -0.408 e. The standard InChI is InChI=1S/C9H8FN3O5S2/c1-6-11-12-9(18-6)13-20(16,17)8-4-2-7(3-5-8)19(10,14)15/h2-5H,1H3,(H,12,13). The molecule has 0 bridgehead atoms. The van der Waals surface area contributed by atoms with E-state index in [1.807, 2.05) is 4.72 Å². The lowest BCUT2D eigenvalue weighted by Gasteiger charge is -2.04. The van der Waals surface area contributed by atoms with Crippen molar-refractivity contribution in [1.29, 1.82) is 0 Å². The average molecular weight is 321 g/mol. The molecule has 1 heterocycles. The Hall–Kier alpha value is -2.01. The second kappa shape index (κ2) is 4.83. The summed E-state index contributed by atoms with van der Waals surface area (Å²) in [5.74, 6) is 0.168. The van der Waals surface area contributed by atoms with Crippen LogP contribution in [0, 0.1) is 6.92 Å². The normalized spacial score (nSPS) is 12.3. The number of aryl methyl sites for hydroxylation is 1. The predicted molar refractivity (Wildman–Crippen MR) is 64.6 cm³/mol. The fraction of sp³-hybridized carbons (Fsp3) is 0.111. The third-order valence-electron chi connectivity index (χ3n) is 2.16. The summed E-state index contributed by atoms with van der Waals surface area (Å²) in [5.41, 5.74) is 0. The topological polar surface area (TPSA) is 119 Å². The van der Waals surface area contributed by atoms with Gasteiger partial charge in [-0.2, -0.15) is 8.42 Å². The Morgan fingerprint density at radius 1 is 1.05 bits per heavy atom. The average Bonchev–Trinajstić information content (AvgIpc) is 2.73. The number of halogens is 1. The molecule has 2 rings (SSSR count). The van der Waals surface area contributed by atoms with Gasteiger partial charge >= 0.3 is 16.2 Å². The maximum atomic E-state index is 12.7. The first-order valence-corrected chi connectivity index (χ1v) is 7.93. The van der Waals surface area contributed by atoms with Crippen molar-refractivity contribution in [3.63, 3.8) is 0 Å². The summed E-state index contributed by atoms with van der Waals surface area (Å²) >= 11 is 0. The molecule has 0 aliphatic heterocycles. The van der Waals surface area contributed by atoms with Crippen LogP contribution in [0.4, 0.5) is 9.90 Å². The third-order valence-corrected chi connectivity index (χ3v) is 4.33. The van der Waals surface area contributed by atoms with Gasteiger partial charge in [0.1, 0.15) is 0 Å². The molecule has 0 unspecified atom stereocenters. The molecule has 0 aliphatic rings. The number of sulfonamides is 1. The van der Waals surface area contributed by atoms with Crippen LogP contribution in [-0.2, 0) is 20.2 Å². The Kier molecular flexibility index (Phi) is 3.48. The zero-order valence-electron chi connectivity index (χ0n) is 9.94. The maximum absolute atomic E-state index is 12.7. The molecular formula is C9H8FN3O5S2. The van der Waals surface area contributed by atoms with Gasteiger partial charge in [-0.3, -0.25) is 0 Å². The highest BCUT2D eigenvalue weighted by Crippen LogP contribution is 2.18. The fourth-order valence-corrected chi connectivity index (χ4v) is 2.68. The van der Waals surface area contributed by atoms with Gasteiger partial charge in [0.15, 0.2) is 0 Å². The summed E-state index contributed by atoms with van der Waals surface area (Å²) in [6.07, 6.45) is 0. The number of nitrogens with one attached hydrogen (secondary N) is 1. The van der Waals surface area contributed by atoms with E-state index in [2.05, 4.69) is 10.2 Å². The zero-order chi connectivity index (χ0) is 15.0. The Bertz CT molecular complexity index is 827. The summed E-state index contributed by atoms with van der Waals surface area (Å²) in [7, 11) is -8.90. The van der Waals surface area contributed by atoms with Crippen LogP contribution in [0.1, 0.15) is 5.89 Å². The van der Waals surface area contributed by atoms with Gasteiger partial charge in [0.25, 0.3) is 10.0 Å². The number of anilines is 1. The van der Waals surface area contributed by atoms with Crippen LogP contribution in [-0.4, -0.2) is 27.0 Å². The molecule has 0 radical (unpaired) electrons. The van der Waals surface area contributed by atoms with Crippen LogP contribution >= 0.6 is 0 Å². The molecule has 108 valence electrons. The maximum Gasteiger partial charge on any atom is 0.332 e. The molecular weight excluding hydrogens is 313 g/mol. The Labute approximate surface area is 113 Å². The highest BCUT2D eigenvalue weighted by molar-refractivity contribution is 7.92. The fourth-order valence-electron chi connectivity index (χ4n) is 1.29. The Morgan fingerprint density at radius 3 is 2.05 bits per heavy atom. The minimum atomic E-state index is -4.88. The van der Waals surface area contributed by atoms with E-state index >= 15 is 0 Å². The second-order valence-electron chi connectivity index (χ2n) is 3.64. The van der Waals surface area contributed by atoms with Gasteiger partial charge in [-0.25, -0.2) is 13.1 Å². The lowest BCUT2D eigenvalue weighted by molar-refractivity contribution is 0.534. The molecule has 0 amide bonds. The second-order valence-corrected chi connectivity index (χ2v) is 6.67. The third kappa shape index (κ3) is 3.11. The molecule has 0 fully saturated rings. The smallest absolute Gasteiger partial charge is 0.332 e. The van der Waals surface area contributed by atoms with Crippen molar-refractivity contribution in [3.05, 3.63) is 30.2 Å². The summed E-state index contributed by atoms with van der Waals surface area (Å²) < 4.78 is 64.6. The van der Waals surface area contributed by atoms with Crippen molar-refractivity contribution in [3.8, 4) is 0 Å². The number of benzene rings is 1. The summed E-state index contributed by atoms with van der Waals surface area (Å²) in [6, 6.07) is 3.23. The summed E-state index contributed by atoms with van der Waals surface area (Å²) in [6.45, 7) is 1.48. The molecule has 0 spiro atoms. The van der Waals surface area contributed by atoms with Gasteiger partial charge in [-0.1, -0.05) is 5.10 Å². The van der Waals surface area contributed by atoms with Crippen molar-refractivity contribution in [2.24, 2.45) is 0 Å². The van der Waals surface area contributed by atoms with Crippen LogP contribution in [0.2, 0.25) is 0 Å². The van der Waals surface area contributed by atoms with Crippen LogP contribution < -0.4 is 4.72 Å². The lowest BCUT2D eigenvalue weighted by atomic mass is 10.4. The number of rotatable bonds is 4. The van der Waals surface area contributed by atoms with Crippen LogP contribution in [0.25, 0.3) is 0 Å². The molecule has 0 saturated carbocycles. The quantitative estimate of drug-likeness (QED) is 0.828. The van der Waals surface area contributed by atoms with Gasteiger partial charge in [0, 0.05) is 6.92 Å². The van der Waals surface area contributed by atoms with E-state index in [0.29, 0.717) is 0 Å². The van der Waals surface area contributed by atoms with Gasteiger partial charge < -0.3 is 4.42 Å². The number of nitrogens with zero attached hydrogens (tertiary/aromatic N) is 2. The molecule has 0 saturated heterocycles. The van der Waals surface area contributed by atoms with E-state index in [0.717, 1.165) is 24.3 Å². The minimum absolute atomic E-state index is 0.168. The first-order valence-electron chi connectivity index (χ1n) is 5.06. The van der Waals surface area contributed by atoms with Crippen LogP contribution in [0.5, 0.6) is 0 Å². The van der Waals surface area contributed by atoms with Crippen molar-refractivity contribution in [2.45, 2.75) is 16.7 Å². The first-order chi connectivity index (χ1) is 9.18. The highest BCUT2D eigenvalue weighted by Gasteiger charge is 2.19. The molecule has 0 aliphatic carbocycles. The molecule has 8 nitrogen and oxygen atoms in total. The van der Waals surface area contributed by atoms with Crippen molar-refractivity contribution in [1.82, 2.24) is 10.2 Å². The van der Waals surface area contributed by atoms with E-state index in [4.69, 9.17) is 4.42 Å². The molecule has 1 N–H and O–H groups in total. The van der Waals surface area contributed by atoms with E-state index < -0.39 is 25.1 Å². The van der Waals surface area contributed by atoms with E-state index in [1.165, 1.54) is 6.92 Å². The van der Waals surface area contributed by atoms with Crippen LogP contribution in [0.3, 0.4) is 0 Å². The number of hydrogen-bond donors (Lipinski definition) is 1. The zero-order valence-corrected chi connectivity index (χ0v) is 11.6. The van der Waals surface area contributed by atoms with Crippen molar-refractivity contribution in [2.75, 3.05) is 4.72 Å². The molecule has 0 atom stereocenters. The summed E-state index contributed by atoms with van der Waals surface area (Å²) in [4.78, 5) is -0.911. The lowest BCUT2D eigenvalue weighted by Crippen LogP contribution is -2.13. The molecule has 1 aromatic heterocycles. The van der Waals surface area contributed by atoms with Gasteiger partial charge in [0.05, 0.1) is 9.79 Å². The molecule has 20 heavy (non-hydrogen) atoms. The van der Waals surface area contributed by atoms with Gasteiger partial charge in [0.2, 0.25) is 5.89 Å². The van der Waals surface area contributed by atoms with E-state index in [9.17, 15) is 20.7 Å². The van der Waals surface area contributed by atoms with Gasteiger partial charge in [-0.05, 0) is 24.3 Å². The SMILES string of the molecule is Cc1nnc(NS(=O)(=O)c2ccc(S(=O)(=O)F)cc2)o1. The highest BCUT2D eigenvalue weighted by atomic mass is 32.3. The largest absolute Gasteiger partial charge is 0.408 e. The summed E-state index contributed by atoms with van der Waals surface area (Å²) in [5, 5.41) is 6.89. The van der Waals surface area contributed by atoms with Gasteiger partial charge in [-0.15, -0.1) is 8.98 Å². The van der Waals surface area contributed by atoms with E-state index in [-0.39, 0.29) is 16.8 Å². The Morgan fingerprint density at radius 2 is 1.60 bits per heavy atom. The van der Waals surface area contributed by atoms with E-state index in [1.54, 1.807) is 0 Å². The Balaban J connectivity index is 2.30. The molecule has 1 aromatic carbocycles. The first kappa shape index (κ1) is 14.4. The van der Waals surface area contributed by atoms with Crippen LogP contribution in [0.15, 0.2) is 38.5 Å². The molecule has 11 heteroatoms. The monoisotopic (exact) mass is 321 g/mol. The number of aromatic nitrogens is 2.